The van der Waals surface area contributed by atoms with E-state index in [0.717, 1.165) is 11.1 Å². The highest BCUT2D eigenvalue weighted by atomic mass is 35.5. The Morgan fingerprint density at radius 2 is 1.80 bits per heavy atom. The Morgan fingerprint density at radius 3 is 2.50 bits per heavy atom. The Balaban J connectivity index is 1.90. The lowest BCUT2D eigenvalue weighted by Gasteiger charge is -2.02. The number of carbonyl (C=O) groups excluding carboxylic acids is 1. The molecule has 0 saturated heterocycles. The van der Waals surface area contributed by atoms with Crippen molar-refractivity contribution in [2.24, 2.45) is 0 Å². The van der Waals surface area contributed by atoms with E-state index >= 15 is 0 Å². The zero-order chi connectivity index (χ0) is 14.4. The number of hydrogen-bond acceptors (Lipinski definition) is 1. The molecule has 1 amide bonds. The topological polar surface area (TPSA) is 29.1 Å². The summed E-state index contributed by atoms with van der Waals surface area (Å²) in [5.74, 6) is -0.153. The third-order valence-electron chi connectivity index (χ3n) is 2.68. The molecule has 2 rings (SSSR count). The maximum atomic E-state index is 11.7. The number of nitrogens with one attached hydrogen (secondary N) is 1. The van der Waals surface area contributed by atoms with Gasteiger partial charge in [0.2, 0.25) is 5.91 Å². The van der Waals surface area contributed by atoms with Crippen LogP contribution in [0.15, 0.2) is 54.6 Å². The van der Waals surface area contributed by atoms with E-state index in [0.29, 0.717) is 16.6 Å². The lowest BCUT2D eigenvalue weighted by atomic mass is 10.2. The number of benzene rings is 2. The van der Waals surface area contributed by atoms with Crippen LogP contribution in [0.2, 0.25) is 10.0 Å². The first-order valence-corrected chi connectivity index (χ1v) is 6.85. The minimum absolute atomic E-state index is 0.153. The molecule has 4 heteroatoms. The third kappa shape index (κ3) is 4.41. The van der Waals surface area contributed by atoms with E-state index in [1.165, 1.54) is 6.08 Å². The molecule has 0 spiro atoms. The van der Waals surface area contributed by atoms with Gasteiger partial charge in [0, 0.05) is 12.6 Å². The van der Waals surface area contributed by atoms with Gasteiger partial charge in [-0.3, -0.25) is 4.79 Å². The second-order valence-electron chi connectivity index (χ2n) is 4.21. The fourth-order valence-corrected chi connectivity index (χ4v) is 1.94. The van der Waals surface area contributed by atoms with Crippen molar-refractivity contribution in [1.29, 1.82) is 0 Å². The van der Waals surface area contributed by atoms with Crippen molar-refractivity contribution in [2.45, 2.75) is 6.54 Å². The van der Waals surface area contributed by atoms with Crippen molar-refractivity contribution in [3.8, 4) is 0 Å². The predicted octanol–water partition coefficient (Wildman–Crippen LogP) is 4.32. The molecule has 0 fully saturated rings. The van der Waals surface area contributed by atoms with Gasteiger partial charge in [0.1, 0.15) is 0 Å². The number of amides is 1. The third-order valence-corrected chi connectivity index (χ3v) is 3.42. The van der Waals surface area contributed by atoms with Crippen molar-refractivity contribution in [1.82, 2.24) is 5.32 Å². The SMILES string of the molecule is O=C(C=Cc1ccc(Cl)c(Cl)c1)NCc1ccccc1. The highest BCUT2D eigenvalue weighted by Crippen LogP contribution is 2.23. The fourth-order valence-electron chi connectivity index (χ4n) is 1.63. The predicted molar refractivity (Wildman–Crippen MR) is 83.8 cm³/mol. The average Bonchev–Trinajstić information content (AvgIpc) is 2.47. The van der Waals surface area contributed by atoms with E-state index in [9.17, 15) is 4.79 Å². The molecule has 2 nitrogen and oxygen atoms in total. The number of rotatable bonds is 4. The van der Waals surface area contributed by atoms with Gasteiger partial charge in [-0.05, 0) is 29.3 Å². The van der Waals surface area contributed by atoms with E-state index in [1.807, 2.05) is 30.3 Å². The Kier molecular flexibility index (Phi) is 5.22. The summed E-state index contributed by atoms with van der Waals surface area (Å²) in [5.41, 5.74) is 1.89. The Morgan fingerprint density at radius 1 is 1.05 bits per heavy atom. The van der Waals surface area contributed by atoms with Gasteiger partial charge < -0.3 is 5.32 Å². The van der Waals surface area contributed by atoms with Crippen LogP contribution in [0.1, 0.15) is 11.1 Å². The summed E-state index contributed by atoms with van der Waals surface area (Å²) in [6.45, 7) is 0.505. The van der Waals surface area contributed by atoms with Crippen LogP contribution in [0.5, 0.6) is 0 Å². The standard InChI is InChI=1S/C16H13Cl2NO/c17-14-8-6-12(10-15(14)18)7-9-16(20)19-11-13-4-2-1-3-5-13/h1-10H,11H2,(H,19,20). The monoisotopic (exact) mass is 305 g/mol. The molecule has 0 radical (unpaired) electrons. The van der Waals surface area contributed by atoms with Crippen LogP contribution in [0.25, 0.3) is 6.08 Å². The summed E-state index contributed by atoms with van der Waals surface area (Å²) in [4.78, 5) is 11.7. The van der Waals surface area contributed by atoms with Crippen LogP contribution in [-0.2, 0) is 11.3 Å². The van der Waals surface area contributed by atoms with Gasteiger partial charge in [0.15, 0.2) is 0 Å². The maximum absolute atomic E-state index is 11.7. The first-order valence-electron chi connectivity index (χ1n) is 6.10. The molecule has 102 valence electrons. The lowest BCUT2D eigenvalue weighted by molar-refractivity contribution is -0.116. The van der Waals surface area contributed by atoms with Gasteiger partial charge >= 0.3 is 0 Å². The summed E-state index contributed by atoms with van der Waals surface area (Å²) in [6.07, 6.45) is 3.17. The Hall–Kier alpha value is -1.77. The highest BCUT2D eigenvalue weighted by molar-refractivity contribution is 6.42. The molecule has 0 bridgehead atoms. The molecule has 0 atom stereocenters. The van der Waals surface area contributed by atoms with E-state index in [-0.39, 0.29) is 5.91 Å². The highest BCUT2D eigenvalue weighted by Gasteiger charge is 1.99. The molecule has 0 unspecified atom stereocenters. The molecule has 2 aromatic carbocycles. The smallest absolute Gasteiger partial charge is 0.244 e. The van der Waals surface area contributed by atoms with Gasteiger partial charge in [0.25, 0.3) is 0 Å². The minimum atomic E-state index is -0.153. The van der Waals surface area contributed by atoms with Crippen LogP contribution >= 0.6 is 23.2 Å². The molecule has 0 aliphatic heterocycles. The zero-order valence-corrected chi connectivity index (χ0v) is 12.2. The molecule has 0 aliphatic carbocycles. The van der Waals surface area contributed by atoms with Crippen molar-refractivity contribution in [3.05, 3.63) is 75.8 Å². The van der Waals surface area contributed by atoms with Gasteiger partial charge in [-0.15, -0.1) is 0 Å². The van der Waals surface area contributed by atoms with E-state index in [4.69, 9.17) is 23.2 Å². The molecule has 20 heavy (non-hydrogen) atoms. The summed E-state index contributed by atoms with van der Waals surface area (Å²) < 4.78 is 0. The van der Waals surface area contributed by atoms with E-state index in [2.05, 4.69) is 5.32 Å². The molecular weight excluding hydrogens is 293 g/mol. The van der Waals surface area contributed by atoms with Gasteiger partial charge in [0.05, 0.1) is 10.0 Å². The second-order valence-corrected chi connectivity index (χ2v) is 5.02. The Labute approximate surface area is 128 Å². The van der Waals surface area contributed by atoms with Crippen LogP contribution in [0.3, 0.4) is 0 Å². The first-order chi connectivity index (χ1) is 9.65. The van der Waals surface area contributed by atoms with Crippen LogP contribution < -0.4 is 5.32 Å². The average molecular weight is 306 g/mol. The summed E-state index contributed by atoms with van der Waals surface area (Å²) in [6, 6.07) is 15.0. The van der Waals surface area contributed by atoms with Crippen molar-refractivity contribution in [2.75, 3.05) is 0 Å². The summed E-state index contributed by atoms with van der Waals surface area (Å²) in [5, 5.41) is 3.78. The summed E-state index contributed by atoms with van der Waals surface area (Å²) >= 11 is 11.7. The number of carbonyl (C=O) groups is 1. The molecule has 2 aromatic rings. The van der Waals surface area contributed by atoms with Crippen LogP contribution in [0, 0.1) is 0 Å². The normalized spacial score (nSPS) is 10.7. The minimum Gasteiger partial charge on any atom is -0.348 e. The fraction of sp³-hybridized carbons (Fsp3) is 0.0625. The van der Waals surface area contributed by atoms with E-state index in [1.54, 1.807) is 24.3 Å². The first kappa shape index (κ1) is 14.6. The van der Waals surface area contributed by atoms with Gasteiger partial charge in [-0.25, -0.2) is 0 Å². The largest absolute Gasteiger partial charge is 0.348 e. The molecule has 0 heterocycles. The number of halogens is 2. The molecule has 0 saturated carbocycles. The van der Waals surface area contributed by atoms with Crippen molar-refractivity contribution < 1.29 is 4.79 Å². The quantitative estimate of drug-likeness (QED) is 0.837. The molecule has 0 aromatic heterocycles. The van der Waals surface area contributed by atoms with Crippen LogP contribution in [0.4, 0.5) is 0 Å². The lowest BCUT2D eigenvalue weighted by Crippen LogP contribution is -2.20. The van der Waals surface area contributed by atoms with Gasteiger partial charge in [-0.1, -0.05) is 59.6 Å². The van der Waals surface area contributed by atoms with E-state index < -0.39 is 0 Å². The maximum Gasteiger partial charge on any atom is 0.244 e. The second kappa shape index (κ2) is 7.13. The Bertz CT molecular complexity index is 624. The number of hydrogen-bond donors (Lipinski definition) is 1. The molecule has 0 aliphatic rings. The van der Waals surface area contributed by atoms with Gasteiger partial charge in [-0.2, -0.15) is 0 Å². The van der Waals surface area contributed by atoms with Crippen LogP contribution in [-0.4, -0.2) is 5.91 Å². The molecule has 1 N–H and O–H groups in total. The summed E-state index contributed by atoms with van der Waals surface area (Å²) in [7, 11) is 0. The molecular formula is C16H13Cl2NO. The zero-order valence-electron chi connectivity index (χ0n) is 10.6. The van der Waals surface area contributed by atoms with Crippen molar-refractivity contribution in [3.63, 3.8) is 0 Å². The van der Waals surface area contributed by atoms with Crippen molar-refractivity contribution >= 4 is 35.2 Å².